The lowest BCUT2D eigenvalue weighted by Crippen LogP contribution is -2.46. The summed E-state index contributed by atoms with van der Waals surface area (Å²) in [4.78, 5) is 26.5. The van der Waals surface area contributed by atoms with Crippen LogP contribution in [0.2, 0.25) is 0 Å². The highest BCUT2D eigenvalue weighted by Gasteiger charge is 2.27. The Kier molecular flexibility index (Phi) is 5.73. The molecule has 0 unspecified atom stereocenters. The lowest BCUT2D eigenvalue weighted by atomic mass is 10.1. The summed E-state index contributed by atoms with van der Waals surface area (Å²) >= 11 is 0. The van der Waals surface area contributed by atoms with E-state index in [2.05, 4.69) is 5.32 Å². The molecule has 0 aromatic carbocycles. The van der Waals surface area contributed by atoms with Gasteiger partial charge in [-0.25, -0.2) is 4.79 Å². The van der Waals surface area contributed by atoms with Crippen LogP contribution in [0.15, 0.2) is 12.3 Å². The molecule has 0 bridgehead atoms. The largest absolute Gasteiger partial charge is 0.444 e. The number of hydrogen-bond donors (Lipinski definition) is 1. The van der Waals surface area contributed by atoms with Gasteiger partial charge in [0.15, 0.2) is 0 Å². The summed E-state index contributed by atoms with van der Waals surface area (Å²) in [7, 11) is 1.73. The molecule has 0 spiro atoms. The third-order valence-electron chi connectivity index (χ3n) is 4.02. The normalized spacial score (nSPS) is 18.2. The zero-order valence-electron chi connectivity index (χ0n) is 15.3. The molecular formula is C18H26N4O3. The molecule has 25 heavy (non-hydrogen) atoms. The van der Waals surface area contributed by atoms with Gasteiger partial charge in [-0.2, -0.15) is 5.26 Å². The van der Waals surface area contributed by atoms with Crippen LogP contribution in [0.4, 0.5) is 4.79 Å². The van der Waals surface area contributed by atoms with Crippen LogP contribution in [-0.4, -0.2) is 46.2 Å². The summed E-state index contributed by atoms with van der Waals surface area (Å²) in [6, 6.07) is 3.46. The van der Waals surface area contributed by atoms with E-state index in [0.29, 0.717) is 24.3 Å². The summed E-state index contributed by atoms with van der Waals surface area (Å²) in [5, 5.41) is 11.9. The Labute approximate surface area is 148 Å². The van der Waals surface area contributed by atoms with Gasteiger partial charge in [0.2, 0.25) is 0 Å². The van der Waals surface area contributed by atoms with Crippen molar-refractivity contribution >= 4 is 12.0 Å². The molecule has 1 atom stereocenters. The highest BCUT2D eigenvalue weighted by Crippen LogP contribution is 2.16. The number of nitrogens with one attached hydrogen (secondary N) is 1. The monoisotopic (exact) mass is 346 g/mol. The number of amides is 2. The molecule has 1 aromatic rings. The van der Waals surface area contributed by atoms with Crippen molar-refractivity contribution in [1.29, 1.82) is 5.26 Å². The van der Waals surface area contributed by atoms with Gasteiger partial charge in [0.25, 0.3) is 5.91 Å². The molecule has 1 saturated heterocycles. The molecule has 2 amide bonds. The predicted octanol–water partition coefficient (Wildman–Crippen LogP) is 2.42. The van der Waals surface area contributed by atoms with E-state index in [4.69, 9.17) is 10.00 Å². The summed E-state index contributed by atoms with van der Waals surface area (Å²) in [6.45, 7) is 6.57. The molecule has 7 heteroatoms. The van der Waals surface area contributed by atoms with Gasteiger partial charge in [0.05, 0.1) is 5.56 Å². The van der Waals surface area contributed by atoms with Gasteiger partial charge >= 0.3 is 6.09 Å². The zero-order chi connectivity index (χ0) is 18.6. The molecule has 1 fully saturated rings. The number of aromatic nitrogens is 1. The van der Waals surface area contributed by atoms with Crippen molar-refractivity contribution in [3.63, 3.8) is 0 Å². The van der Waals surface area contributed by atoms with E-state index >= 15 is 0 Å². The summed E-state index contributed by atoms with van der Waals surface area (Å²) < 4.78 is 7.08. The molecule has 0 radical (unpaired) electrons. The van der Waals surface area contributed by atoms with Crippen LogP contribution in [-0.2, 0) is 11.8 Å². The number of likely N-dealkylation sites (tertiary alicyclic amines) is 1. The third-order valence-corrected chi connectivity index (χ3v) is 4.02. The SMILES string of the molecule is Cn1cc(C#N)cc1C(=O)N[C@@H]1CCCCN(C(=O)OC(C)(C)C)C1. The fraction of sp³-hybridized carbons (Fsp3) is 0.611. The number of nitrogens with zero attached hydrogens (tertiary/aromatic N) is 3. The fourth-order valence-electron chi connectivity index (χ4n) is 2.86. The third kappa shape index (κ3) is 5.24. The average molecular weight is 346 g/mol. The van der Waals surface area contributed by atoms with E-state index in [-0.39, 0.29) is 18.0 Å². The van der Waals surface area contributed by atoms with Crippen molar-refractivity contribution in [2.24, 2.45) is 7.05 Å². The second kappa shape index (κ2) is 7.60. The standard InChI is InChI=1S/C18H26N4O3/c1-18(2,3)25-17(24)22-8-6-5-7-14(12-22)20-16(23)15-9-13(10-19)11-21(15)4/h9,11,14H,5-8,12H2,1-4H3,(H,20,23)/t14-/m1/s1. The summed E-state index contributed by atoms with van der Waals surface area (Å²) in [5.74, 6) is -0.236. The Morgan fingerprint density at radius 2 is 2.08 bits per heavy atom. The van der Waals surface area contributed by atoms with Gasteiger partial charge in [0.1, 0.15) is 17.4 Å². The first kappa shape index (κ1) is 18.8. The van der Waals surface area contributed by atoms with E-state index in [1.165, 1.54) is 0 Å². The molecule has 1 aliphatic rings. The van der Waals surface area contributed by atoms with Crippen LogP contribution in [0.3, 0.4) is 0 Å². The Morgan fingerprint density at radius 1 is 1.36 bits per heavy atom. The van der Waals surface area contributed by atoms with Crippen LogP contribution in [0, 0.1) is 11.3 Å². The van der Waals surface area contributed by atoms with Crippen molar-refractivity contribution in [2.75, 3.05) is 13.1 Å². The van der Waals surface area contributed by atoms with Crippen LogP contribution in [0.5, 0.6) is 0 Å². The minimum atomic E-state index is -0.543. The highest BCUT2D eigenvalue weighted by molar-refractivity contribution is 5.93. The van der Waals surface area contributed by atoms with Gasteiger partial charge < -0.3 is 19.5 Å². The fourth-order valence-corrected chi connectivity index (χ4v) is 2.86. The van der Waals surface area contributed by atoms with E-state index in [0.717, 1.165) is 19.3 Å². The number of carbonyl (C=O) groups excluding carboxylic acids is 2. The predicted molar refractivity (Wildman–Crippen MR) is 93.0 cm³/mol. The first-order valence-corrected chi connectivity index (χ1v) is 8.55. The molecule has 7 nitrogen and oxygen atoms in total. The topological polar surface area (TPSA) is 87.4 Å². The van der Waals surface area contributed by atoms with Crippen molar-refractivity contribution in [3.05, 3.63) is 23.5 Å². The van der Waals surface area contributed by atoms with Crippen molar-refractivity contribution in [2.45, 2.75) is 51.7 Å². The average Bonchev–Trinajstić information content (AvgIpc) is 2.73. The Morgan fingerprint density at radius 3 is 2.68 bits per heavy atom. The van der Waals surface area contributed by atoms with Crippen LogP contribution < -0.4 is 5.32 Å². The number of hydrogen-bond acceptors (Lipinski definition) is 4. The van der Waals surface area contributed by atoms with Crippen molar-refractivity contribution in [1.82, 2.24) is 14.8 Å². The van der Waals surface area contributed by atoms with Gasteiger partial charge in [0, 0.05) is 32.4 Å². The number of rotatable bonds is 2. The molecule has 0 saturated carbocycles. The van der Waals surface area contributed by atoms with E-state index < -0.39 is 5.60 Å². The molecule has 0 aliphatic carbocycles. The highest BCUT2D eigenvalue weighted by atomic mass is 16.6. The summed E-state index contributed by atoms with van der Waals surface area (Å²) in [6.07, 6.45) is 3.89. The van der Waals surface area contributed by atoms with Crippen LogP contribution in [0.1, 0.15) is 56.1 Å². The number of carbonyl (C=O) groups is 2. The maximum absolute atomic E-state index is 12.5. The molecule has 2 rings (SSSR count). The Balaban J connectivity index is 2.03. The van der Waals surface area contributed by atoms with E-state index in [9.17, 15) is 9.59 Å². The minimum Gasteiger partial charge on any atom is -0.444 e. The maximum Gasteiger partial charge on any atom is 0.410 e. The second-order valence-electron chi connectivity index (χ2n) is 7.43. The molecule has 136 valence electrons. The minimum absolute atomic E-state index is 0.136. The second-order valence-corrected chi connectivity index (χ2v) is 7.43. The first-order valence-electron chi connectivity index (χ1n) is 8.55. The van der Waals surface area contributed by atoms with Crippen LogP contribution >= 0.6 is 0 Å². The molecular weight excluding hydrogens is 320 g/mol. The lowest BCUT2D eigenvalue weighted by molar-refractivity contribution is 0.0242. The Bertz CT molecular complexity index is 681. The molecule has 1 aromatic heterocycles. The van der Waals surface area contributed by atoms with Gasteiger partial charge in [-0.1, -0.05) is 0 Å². The molecule has 1 N–H and O–H groups in total. The molecule has 2 heterocycles. The zero-order valence-corrected chi connectivity index (χ0v) is 15.3. The Hall–Kier alpha value is -2.49. The van der Waals surface area contributed by atoms with E-state index in [1.54, 1.807) is 28.8 Å². The smallest absolute Gasteiger partial charge is 0.410 e. The maximum atomic E-state index is 12.5. The van der Waals surface area contributed by atoms with Crippen molar-refractivity contribution in [3.8, 4) is 6.07 Å². The lowest BCUT2D eigenvalue weighted by Gasteiger charge is -2.28. The van der Waals surface area contributed by atoms with Gasteiger partial charge in [-0.3, -0.25) is 4.79 Å². The van der Waals surface area contributed by atoms with Crippen LogP contribution in [0.25, 0.3) is 0 Å². The van der Waals surface area contributed by atoms with E-state index in [1.807, 2.05) is 26.8 Å². The van der Waals surface area contributed by atoms with Gasteiger partial charge in [-0.05, 0) is 46.1 Å². The van der Waals surface area contributed by atoms with Gasteiger partial charge in [-0.15, -0.1) is 0 Å². The number of nitriles is 1. The summed E-state index contributed by atoms with van der Waals surface area (Å²) in [5.41, 5.74) is 0.340. The van der Waals surface area contributed by atoms with Crippen molar-refractivity contribution < 1.29 is 14.3 Å². The number of aryl methyl sites for hydroxylation is 1. The number of ether oxygens (including phenoxy) is 1. The first-order chi connectivity index (χ1) is 11.7. The molecule has 1 aliphatic heterocycles. The quantitative estimate of drug-likeness (QED) is 0.891.